The molecule has 0 aromatic carbocycles. The van der Waals surface area contributed by atoms with Gasteiger partial charge in [-0.15, -0.1) is 0 Å². The maximum absolute atomic E-state index is 11.0. The number of hydrogen-bond donors (Lipinski definition) is 6. The van der Waals surface area contributed by atoms with Crippen LogP contribution in [0.25, 0.3) is 0 Å². The molecule has 0 saturated carbocycles. The van der Waals surface area contributed by atoms with Crippen molar-refractivity contribution in [1.29, 1.82) is 0 Å². The number of hydrogen-bond acceptors (Lipinski definition) is 8. The summed E-state index contributed by atoms with van der Waals surface area (Å²) in [4.78, 5) is 11.0. The largest absolute Gasteiger partial charge is 0.394 e. The van der Waals surface area contributed by atoms with Gasteiger partial charge in [-0.1, -0.05) is 0 Å². The normalized spacial score (nSPS) is 36.0. The molecule has 1 unspecified atom stereocenters. The summed E-state index contributed by atoms with van der Waals surface area (Å²) < 4.78 is 10.4. The summed E-state index contributed by atoms with van der Waals surface area (Å²) in [6.45, 7) is 2.00. The van der Waals surface area contributed by atoms with Crippen LogP contribution in [-0.2, 0) is 14.3 Å². The Morgan fingerprint density at radius 2 is 1.90 bits per heavy atom. The van der Waals surface area contributed by atoms with E-state index in [1.807, 2.05) is 0 Å². The van der Waals surface area contributed by atoms with Gasteiger partial charge in [0.15, 0.2) is 6.29 Å². The van der Waals surface area contributed by atoms with Crippen molar-refractivity contribution in [3.05, 3.63) is 0 Å². The van der Waals surface area contributed by atoms with Crippen LogP contribution in [0.3, 0.4) is 0 Å². The van der Waals surface area contributed by atoms with Gasteiger partial charge in [-0.05, 0) is 6.92 Å². The molecule has 0 aromatic rings. The fourth-order valence-electron chi connectivity index (χ4n) is 1.97. The van der Waals surface area contributed by atoms with Gasteiger partial charge in [0.2, 0.25) is 5.91 Å². The predicted molar refractivity (Wildman–Crippen MR) is 69.0 cm³/mol. The molecule has 6 N–H and O–H groups in total. The highest BCUT2D eigenvalue weighted by atomic mass is 16.7. The Kier molecular flexibility index (Phi) is 6.94. The summed E-state index contributed by atoms with van der Waals surface area (Å²) in [5.41, 5.74) is 0. The van der Waals surface area contributed by atoms with E-state index in [9.17, 15) is 25.2 Å². The van der Waals surface area contributed by atoms with Crippen molar-refractivity contribution < 1.29 is 39.8 Å². The maximum atomic E-state index is 11.0. The first-order valence-electron chi connectivity index (χ1n) is 6.65. The maximum Gasteiger partial charge on any atom is 0.217 e. The second-order valence-electron chi connectivity index (χ2n) is 5.08. The molecule has 124 valence electrons. The lowest BCUT2D eigenvalue weighted by molar-refractivity contribution is -0.302. The zero-order valence-electron chi connectivity index (χ0n) is 11.9. The Labute approximate surface area is 122 Å². The van der Waals surface area contributed by atoms with Crippen molar-refractivity contribution in [3.63, 3.8) is 0 Å². The number of carbonyl (C=O) groups is 1. The topological polar surface area (TPSA) is 149 Å². The molecule has 1 saturated heterocycles. The lowest BCUT2D eigenvalue weighted by Gasteiger charge is -2.40. The molecule has 1 aliphatic rings. The molecule has 0 aliphatic carbocycles. The molecule has 1 fully saturated rings. The van der Waals surface area contributed by atoms with E-state index in [4.69, 9.17) is 14.6 Å². The second-order valence-corrected chi connectivity index (χ2v) is 5.08. The molecule has 0 aromatic heterocycles. The predicted octanol–water partition coefficient (Wildman–Crippen LogP) is -3.31. The van der Waals surface area contributed by atoms with E-state index in [2.05, 4.69) is 5.32 Å². The monoisotopic (exact) mass is 309 g/mol. The average molecular weight is 309 g/mol. The van der Waals surface area contributed by atoms with Crippen LogP contribution < -0.4 is 5.32 Å². The van der Waals surface area contributed by atoms with E-state index >= 15 is 0 Å². The quantitative estimate of drug-likeness (QED) is 0.299. The first-order valence-corrected chi connectivity index (χ1v) is 6.65. The minimum absolute atomic E-state index is 0.181. The molecule has 0 bridgehead atoms. The molecule has 0 spiro atoms. The van der Waals surface area contributed by atoms with E-state index in [1.165, 1.54) is 13.8 Å². The highest BCUT2D eigenvalue weighted by Crippen LogP contribution is 2.22. The number of carbonyl (C=O) groups excluding carboxylic acids is 1. The molecule has 1 aliphatic heterocycles. The van der Waals surface area contributed by atoms with E-state index < -0.39 is 49.5 Å². The van der Waals surface area contributed by atoms with E-state index in [0.717, 1.165) is 0 Å². The van der Waals surface area contributed by atoms with Gasteiger partial charge in [-0.3, -0.25) is 4.79 Å². The molecular weight excluding hydrogens is 286 g/mol. The highest BCUT2D eigenvalue weighted by molar-refractivity contribution is 5.73. The first kappa shape index (κ1) is 18.2. The third kappa shape index (κ3) is 4.85. The molecule has 9 heteroatoms. The summed E-state index contributed by atoms with van der Waals surface area (Å²) >= 11 is 0. The smallest absolute Gasteiger partial charge is 0.217 e. The van der Waals surface area contributed by atoms with Crippen LogP contribution >= 0.6 is 0 Å². The van der Waals surface area contributed by atoms with Gasteiger partial charge >= 0.3 is 0 Å². The van der Waals surface area contributed by atoms with Gasteiger partial charge in [-0.25, -0.2) is 0 Å². The van der Waals surface area contributed by atoms with E-state index in [1.54, 1.807) is 0 Å². The zero-order chi connectivity index (χ0) is 16.2. The number of rotatable bonds is 6. The fourth-order valence-corrected chi connectivity index (χ4v) is 1.97. The minimum atomic E-state index is -1.54. The Bertz CT molecular complexity index is 337. The summed E-state index contributed by atoms with van der Waals surface area (Å²) in [5.74, 6) is -0.363. The van der Waals surface area contributed by atoms with Crippen LogP contribution in [0.1, 0.15) is 13.8 Å². The first-order chi connectivity index (χ1) is 9.77. The van der Waals surface area contributed by atoms with E-state index in [-0.39, 0.29) is 12.5 Å². The van der Waals surface area contributed by atoms with Crippen LogP contribution in [-0.4, -0.2) is 87.5 Å². The fraction of sp³-hybridized carbons (Fsp3) is 0.917. The number of amides is 1. The number of aliphatic hydroxyl groups is 5. The SMILES string of the molecule is CC(=O)N[C@@H](COC1O[C@H](CO)[C@@H](O)[C@H](O)[C@H]1O)[C@@H](C)O. The molecule has 21 heavy (non-hydrogen) atoms. The molecule has 7 atom stereocenters. The Hall–Kier alpha value is -0.810. The average Bonchev–Trinajstić information content (AvgIpc) is 2.42. The summed E-state index contributed by atoms with van der Waals surface area (Å²) in [5, 5.41) is 50.0. The molecule has 1 heterocycles. The van der Waals surface area contributed by atoms with Crippen LogP contribution in [0.4, 0.5) is 0 Å². The molecule has 1 rings (SSSR count). The third-order valence-electron chi connectivity index (χ3n) is 3.26. The van der Waals surface area contributed by atoms with Crippen molar-refractivity contribution in [3.8, 4) is 0 Å². The van der Waals surface area contributed by atoms with Crippen molar-refractivity contribution in [2.45, 2.75) is 56.7 Å². The van der Waals surface area contributed by atoms with Crippen molar-refractivity contribution in [2.75, 3.05) is 13.2 Å². The van der Waals surface area contributed by atoms with Gasteiger partial charge in [0.25, 0.3) is 0 Å². The molecule has 1 amide bonds. The third-order valence-corrected chi connectivity index (χ3v) is 3.26. The van der Waals surface area contributed by atoms with E-state index in [0.29, 0.717) is 0 Å². The lowest BCUT2D eigenvalue weighted by atomic mass is 9.99. The molecule has 0 radical (unpaired) electrons. The number of ether oxygens (including phenoxy) is 2. The van der Waals surface area contributed by atoms with Gasteiger partial charge in [0.1, 0.15) is 24.4 Å². The van der Waals surface area contributed by atoms with Gasteiger partial charge in [0.05, 0.1) is 25.4 Å². The van der Waals surface area contributed by atoms with Crippen LogP contribution in [0.2, 0.25) is 0 Å². The second kappa shape index (κ2) is 7.99. The van der Waals surface area contributed by atoms with Gasteiger partial charge in [-0.2, -0.15) is 0 Å². The number of nitrogens with one attached hydrogen (secondary N) is 1. The Balaban J connectivity index is 2.61. The van der Waals surface area contributed by atoms with Gasteiger partial charge in [0, 0.05) is 6.92 Å². The lowest BCUT2D eigenvalue weighted by Crippen LogP contribution is -2.59. The van der Waals surface area contributed by atoms with Crippen LogP contribution in [0.5, 0.6) is 0 Å². The van der Waals surface area contributed by atoms with Crippen molar-refractivity contribution in [1.82, 2.24) is 5.32 Å². The Morgan fingerprint density at radius 3 is 2.38 bits per heavy atom. The van der Waals surface area contributed by atoms with Crippen LogP contribution in [0.15, 0.2) is 0 Å². The number of aliphatic hydroxyl groups excluding tert-OH is 5. The van der Waals surface area contributed by atoms with Gasteiger partial charge < -0.3 is 40.3 Å². The van der Waals surface area contributed by atoms with Crippen molar-refractivity contribution in [2.24, 2.45) is 0 Å². The summed E-state index contributed by atoms with van der Waals surface area (Å²) in [6.07, 6.45) is -7.79. The Morgan fingerprint density at radius 1 is 1.29 bits per heavy atom. The zero-order valence-corrected chi connectivity index (χ0v) is 11.9. The summed E-state index contributed by atoms with van der Waals surface area (Å²) in [6, 6.07) is -0.727. The molecule has 9 nitrogen and oxygen atoms in total. The summed E-state index contributed by atoms with van der Waals surface area (Å²) in [7, 11) is 0. The van der Waals surface area contributed by atoms with Crippen molar-refractivity contribution >= 4 is 5.91 Å². The minimum Gasteiger partial charge on any atom is -0.394 e. The molecular formula is C12H23NO8. The highest BCUT2D eigenvalue weighted by Gasteiger charge is 2.44. The standard InChI is InChI=1S/C12H23NO8/c1-5(15)7(13-6(2)16)4-20-12-11(19)10(18)9(17)8(3-14)21-12/h5,7-12,14-15,17-19H,3-4H2,1-2H3,(H,13,16)/t5-,7+,8-,9-,10+,11-,12?/m1/s1. The van der Waals surface area contributed by atoms with Crippen LogP contribution in [0, 0.1) is 0 Å².